The number of nitrogens with zero attached hydrogens (tertiary/aromatic N) is 2. The van der Waals surface area contributed by atoms with E-state index in [1.807, 2.05) is 0 Å². The van der Waals surface area contributed by atoms with E-state index in [9.17, 15) is 0 Å². The van der Waals surface area contributed by atoms with Crippen molar-refractivity contribution in [1.82, 2.24) is 4.90 Å². The van der Waals surface area contributed by atoms with Gasteiger partial charge in [0.2, 0.25) is 0 Å². The minimum absolute atomic E-state index is 0.368. The molecule has 2 aliphatic rings. The summed E-state index contributed by atoms with van der Waals surface area (Å²) in [5.41, 5.74) is 7.50. The summed E-state index contributed by atoms with van der Waals surface area (Å²) in [6, 6.07) is 16.3. The van der Waals surface area contributed by atoms with Crippen LogP contribution in [0.15, 0.2) is 47.5 Å². The van der Waals surface area contributed by atoms with Crippen molar-refractivity contribution in [1.29, 1.82) is 0 Å². The van der Waals surface area contributed by atoms with Crippen LogP contribution in [0.3, 0.4) is 0 Å². The van der Waals surface area contributed by atoms with Gasteiger partial charge in [0.15, 0.2) is 5.96 Å². The van der Waals surface area contributed by atoms with Crippen molar-refractivity contribution in [2.75, 3.05) is 7.05 Å². The van der Waals surface area contributed by atoms with Crippen LogP contribution < -0.4 is 5.73 Å². The molecule has 4 rings (SSSR count). The van der Waals surface area contributed by atoms with E-state index in [4.69, 9.17) is 10.7 Å². The maximum absolute atomic E-state index is 6.11. The first-order valence-corrected chi connectivity index (χ1v) is 7.77. The fraction of sp³-hybridized carbons (Fsp3) is 0.389. The summed E-state index contributed by atoms with van der Waals surface area (Å²) in [5.74, 6) is 1.26. The lowest BCUT2D eigenvalue weighted by atomic mass is 10.0. The third kappa shape index (κ3) is 2.48. The molecular weight excluding hydrogens is 258 g/mol. The van der Waals surface area contributed by atoms with Gasteiger partial charge in [0, 0.05) is 19.0 Å². The van der Waals surface area contributed by atoms with Gasteiger partial charge >= 0.3 is 0 Å². The van der Waals surface area contributed by atoms with E-state index >= 15 is 0 Å². The highest BCUT2D eigenvalue weighted by Crippen LogP contribution is 2.44. The fourth-order valence-electron chi connectivity index (χ4n) is 3.03. The van der Waals surface area contributed by atoms with Crippen LogP contribution >= 0.6 is 0 Å². The van der Waals surface area contributed by atoms with E-state index in [1.165, 1.54) is 29.2 Å². The number of nitrogens with two attached hydrogens (primary N) is 1. The molecule has 0 heterocycles. The van der Waals surface area contributed by atoms with Gasteiger partial charge in [-0.15, -0.1) is 0 Å². The van der Waals surface area contributed by atoms with E-state index in [1.54, 1.807) is 0 Å². The first-order chi connectivity index (χ1) is 10.2. The summed E-state index contributed by atoms with van der Waals surface area (Å²) in [5, 5.41) is 2.61. The Kier molecular flexibility index (Phi) is 2.88. The van der Waals surface area contributed by atoms with E-state index in [2.05, 4.69) is 54.4 Å². The van der Waals surface area contributed by atoms with Gasteiger partial charge in [-0.2, -0.15) is 0 Å². The molecule has 2 aromatic carbocycles. The number of rotatable bonds is 3. The Labute approximate surface area is 125 Å². The number of hydrogen-bond donors (Lipinski definition) is 1. The minimum atomic E-state index is 0.368. The van der Waals surface area contributed by atoms with Crippen molar-refractivity contribution in [3.05, 3.63) is 48.0 Å². The summed E-state index contributed by atoms with van der Waals surface area (Å²) >= 11 is 0. The van der Waals surface area contributed by atoms with Gasteiger partial charge in [-0.3, -0.25) is 0 Å². The first-order valence-electron chi connectivity index (χ1n) is 7.77. The minimum Gasteiger partial charge on any atom is -0.370 e. The molecule has 21 heavy (non-hydrogen) atoms. The summed E-state index contributed by atoms with van der Waals surface area (Å²) in [6.07, 6.45) is 3.63. The molecule has 0 bridgehead atoms. The van der Waals surface area contributed by atoms with Crippen molar-refractivity contribution >= 4 is 16.7 Å². The average molecular weight is 279 g/mol. The van der Waals surface area contributed by atoms with Gasteiger partial charge in [-0.05, 0) is 35.6 Å². The smallest absolute Gasteiger partial charge is 0.191 e. The molecule has 0 saturated heterocycles. The first kappa shape index (κ1) is 12.7. The van der Waals surface area contributed by atoms with Gasteiger partial charge in [0.25, 0.3) is 0 Å². The second kappa shape index (κ2) is 4.76. The number of benzene rings is 2. The molecule has 0 radical (unpaired) electrons. The molecule has 0 aromatic heterocycles. The maximum Gasteiger partial charge on any atom is 0.191 e. The van der Waals surface area contributed by atoms with Gasteiger partial charge in [0.1, 0.15) is 0 Å². The largest absolute Gasteiger partial charge is 0.370 e. The summed E-state index contributed by atoms with van der Waals surface area (Å²) in [7, 11) is 2.06. The van der Waals surface area contributed by atoms with Gasteiger partial charge in [0.05, 0.1) is 6.04 Å². The number of hydrogen-bond acceptors (Lipinski definition) is 1. The predicted molar refractivity (Wildman–Crippen MR) is 87.5 cm³/mol. The van der Waals surface area contributed by atoms with Gasteiger partial charge in [-0.25, -0.2) is 4.99 Å². The lowest BCUT2D eigenvalue weighted by Crippen LogP contribution is -2.36. The van der Waals surface area contributed by atoms with Gasteiger partial charge < -0.3 is 10.6 Å². The monoisotopic (exact) mass is 279 g/mol. The van der Waals surface area contributed by atoms with E-state index in [0.29, 0.717) is 24.0 Å². The SMILES string of the molecule is CN(C(N)=N[C@@H]1C[C@H]1c1ccc2ccccc2c1)C1CC1. The van der Waals surface area contributed by atoms with Crippen LogP contribution in [0, 0.1) is 0 Å². The van der Waals surface area contributed by atoms with Crippen LogP contribution in [-0.4, -0.2) is 30.0 Å². The molecule has 0 spiro atoms. The Balaban J connectivity index is 1.51. The normalized spacial score (nSPS) is 25.1. The number of fused-ring (bicyclic) bond motifs is 1. The van der Waals surface area contributed by atoms with Crippen molar-refractivity contribution in [2.24, 2.45) is 10.7 Å². The summed E-state index contributed by atoms with van der Waals surface area (Å²) in [6.45, 7) is 0. The van der Waals surface area contributed by atoms with Crippen LogP contribution in [0.4, 0.5) is 0 Å². The van der Waals surface area contributed by atoms with Crippen LogP contribution in [0.2, 0.25) is 0 Å². The second-order valence-corrected chi connectivity index (χ2v) is 6.35. The quantitative estimate of drug-likeness (QED) is 0.693. The lowest BCUT2D eigenvalue weighted by Gasteiger charge is -2.16. The second-order valence-electron chi connectivity index (χ2n) is 6.35. The standard InChI is InChI=1S/C18H21N3/c1-21(15-8-9-15)18(19)20-17-11-16(17)14-7-6-12-4-2-3-5-13(12)10-14/h2-7,10,15-17H,8-9,11H2,1H3,(H2,19,20)/t16-,17+/m0/s1. The molecule has 2 N–H and O–H groups in total. The van der Waals surface area contributed by atoms with Crippen LogP contribution in [-0.2, 0) is 0 Å². The van der Waals surface area contributed by atoms with Crippen molar-refractivity contribution in [2.45, 2.75) is 37.3 Å². The zero-order valence-corrected chi connectivity index (χ0v) is 12.4. The molecule has 0 aliphatic heterocycles. The van der Waals surface area contributed by atoms with E-state index < -0.39 is 0 Å². The van der Waals surface area contributed by atoms with Crippen molar-refractivity contribution in [3.63, 3.8) is 0 Å². The molecule has 3 nitrogen and oxygen atoms in total. The lowest BCUT2D eigenvalue weighted by molar-refractivity contribution is 0.487. The Morgan fingerprint density at radius 1 is 1.14 bits per heavy atom. The molecule has 2 aromatic rings. The van der Waals surface area contributed by atoms with Crippen molar-refractivity contribution in [3.8, 4) is 0 Å². The zero-order valence-electron chi connectivity index (χ0n) is 12.4. The predicted octanol–water partition coefficient (Wildman–Crippen LogP) is 3.10. The van der Waals surface area contributed by atoms with Crippen LogP contribution in [0.25, 0.3) is 10.8 Å². The van der Waals surface area contributed by atoms with Crippen LogP contribution in [0.1, 0.15) is 30.7 Å². The highest BCUT2D eigenvalue weighted by Gasteiger charge is 2.39. The summed E-state index contributed by atoms with van der Waals surface area (Å²) < 4.78 is 0. The number of guanidine groups is 1. The van der Waals surface area contributed by atoms with Gasteiger partial charge in [-0.1, -0.05) is 42.5 Å². The highest BCUT2D eigenvalue weighted by atomic mass is 15.3. The molecule has 3 heteroatoms. The fourth-order valence-corrected chi connectivity index (χ4v) is 3.03. The molecule has 0 amide bonds. The zero-order chi connectivity index (χ0) is 14.4. The molecular formula is C18H21N3. The molecule has 2 atom stereocenters. The Hall–Kier alpha value is -2.03. The van der Waals surface area contributed by atoms with Crippen molar-refractivity contribution < 1.29 is 0 Å². The summed E-state index contributed by atoms with van der Waals surface area (Å²) in [4.78, 5) is 6.84. The highest BCUT2D eigenvalue weighted by molar-refractivity contribution is 5.83. The van der Waals surface area contributed by atoms with E-state index in [0.717, 1.165) is 6.42 Å². The molecule has 2 saturated carbocycles. The van der Waals surface area contributed by atoms with E-state index in [-0.39, 0.29) is 0 Å². The molecule has 2 aliphatic carbocycles. The topological polar surface area (TPSA) is 41.6 Å². The third-order valence-corrected chi connectivity index (χ3v) is 4.71. The average Bonchev–Trinajstić information content (AvgIpc) is 3.40. The molecule has 2 fully saturated rings. The maximum atomic E-state index is 6.11. The number of aliphatic imine (C=N–C) groups is 1. The Morgan fingerprint density at radius 3 is 2.67 bits per heavy atom. The Morgan fingerprint density at radius 2 is 1.90 bits per heavy atom. The third-order valence-electron chi connectivity index (χ3n) is 4.71. The Bertz CT molecular complexity index is 702. The molecule has 108 valence electrons. The van der Waals surface area contributed by atoms with Crippen LogP contribution in [0.5, 0.6) is 0 Å². The molecule has 0 unspecified atom stereocenters.